The normalized spacial score (nSPS) is 20.8. The smallest absolute Gasteiger partial charge is 0.264 e. The van der Waals surface area contributed by atoms with Gasteiger partial charge in [-0.15, -0.1) is 0 Å². The van der Waals surface area contributed by atoms with E-state index in [1.807, 2.05) is 30.3 Å². The minimum absolute atomic E-state index is 0.0262. The van der Waals surface area contributed by atoms with Gasteiger partial charge in [0.2, 0.25) is 11.8 Å². The number of rotatable bonds is 7. The minimum Gasteiger partial charge on any atom is -0.344 e. The number of hydrogen-bond acceptors (Lipinski definition) is 6. The molecule has 2 N–H and O–H groups in total. The third kappa shape index (κ3) is 5.12. The third-order valence-corrected chi connectivity index (χ3v) is 6.50. The van der Waals surface area contributed by atoms with Gasteiger partial charge >= 0.3 is 0 Å². The summed E-state index contributed by atoms with van der Waals surface area (Å²) >= 11 is 0. The fourth-order valence-corrected chi connectivity index (χ4v) is 4.79. The first kappa shape index (κ1) is 25.0. The van der Waals surface area contributed by atoms with Gasteiger partial charge in [-0.1, -0.05) is 36.4 Å². The highest BCUT2D eigenvalue weighted by molar-refractivity contribution is 6.08. The second-order valence-corrected chi connectivity index (χ2v) is 9.11. The Hall–Kier alpha value is -4.08. The van der Waals surface area contributed by atoms with Crippen LogP contribution in [-0.2, 0) is 24.0 Å². The van der Waals surface area contributed by atoms with Crippen LogP contribution in [-0.4, -0.2) is 70.4 Å². The van der Waals surface area contributed by atoms with Crippen LogP contribution in [0.25, 0.3) is 10.8 Å². The number of hydrazine groups is 1. The van der Waals surface area contributed by atoms with Crippen molar-refractivity contribution in [1.82, 2.24) is 20.7 Å². The molecule has 36 heavy (non-hydrogen) atoms. The summed E-state index contributed by atoms with van der Waals surface area (Å²) in [4.78, 5) is 75.5. The first-order valence-corrected chi connectivity index (χ1v) is 12.0. The molecule has 2 fully saturated rings. The van der Waals surface area contributed by atoms with Crippen LogP contribution in [0.2, 0.25) is 0 Å². The number of Topliss-reactive ketones (excluding diaryl/α,β-unsaturated/α-hetero) is 1. The largest absolute Gasteiger partial charge is 0.344 e. The number of nitrogens with one attached hydrogen (secondary N) is 2. The van der Waals surface area contributed by atoms with Crippen molar-refractivity contribution in [2.75, 3.05) is 6.54 Å². The molecule has 2 aliphatic heterocycles. The Morgan fingerprint density at radius 3 is 2.58 bits per heavy atom. The molecule has 0 spiro atoms. The van der Waals surface area contributed by atoms with Gasteiger partial charge in [0.05, 0.1) is 6.04 Å². The lowest BCUT2D eigenvalue weighted by Gasteiger charge is -2.43. The summed E-state index contributed by atoms with van der Waals surface area (Å²) in [6.07, 6.45) is 1.19. The van der Waals surface area contributed by atoms with Crippen LogP contribution in [0.4, 0.5) is 0 Å². The van der Waals surface area contributed by atoms with E-state index in [1.165, 1.54) is 11.9 Å². The maximum atomic E-state index is 13.6. The van der Waals surface area contributed by atoms with Crippen molar-refractivity contribution in [1.29, 1.82) is 0 Å². The number of aldehydes is 1. The monoisotopic (exact) mass is 492 g/mol. The topological polar surface area (TPSA) is 133 Å². The Bertz CT molecular complexity index is 1220. The maximum Gasteiger partial charge on any atom is 0.264 e. The van der Waals surface area contributed by atoms with Crippen molar-refractivity contribution in [2.45, 2.75) is 57.2 Å². The lowest BCUT2D eigenvalue weighted by atomic mass is 10.0. The first-order chi connectivity index (χ1) is 17.3. The van der Waals surface area contributed by atoms with Crippen LogP contribution < -0.4 is 10.6 Å². The van der Waals surface area contributed by atoms with E-state index in [-0.39, 0.29) is 43.9 Å². The molecular weight excluding hydrogens is 464 g/mol. The van der Waals surface area contributed by atoms with Crippen LogP contribution in [0.3, 0.4) is 0 Å². The molecule has 4 amide bonds. The number of benzene rings is 2. The van der Waals surface area contributed by atoms with Gasteiger partial charge in [-0.25, -0.2) is 5.01 Å². The zero-order valence-corrected chi connectivity index (χ0v) is 19.9. The van der Waals surface area contributed by atoms with E-state index in [2.05, 4.69) is 10.6 Å². The van der Waals surface area contributed by atoms with E-state index in [0.29, 0.717) is 18.3 Å². The van der Waals surface area contributed by atoms with Crippen molar-refractivity contribution in [3.8, 4) is 0 Å². The van der Waals surface area contributed by atoms with Gasteiger partial charge in [-0.3, -0.25) is 29.0 Å². The Balaban J connectivity index is 1.57. The summed E-state index contributed by atoms with van der Waals surface area (Å²) < 4.78 is 0. The van der Waals surface area contributed by atoms with Crippen molar-refractivity contribution in [2.24, 2.45) is 0 Å². The molecule has 0 aliphatic carbocycles. The molecule has 2 aliphatic rings. The molecule has 4 rings (SSSR count). The Labute approximate surface area is 207 Å². The number of carbonyl (C=O) groups is 6. The number of amides is 4. The molecule has 3 atom stereocenters. The fraction of sp³-hybridized carbons (Fsp3) is 0.385. The molecule has 0 aromatic heterocycles. The molecule has 2 heterocycles. The number of fused-ring (bicyclic) bond motifs is 2. The van der Waals surface area contributed by atoms with Gasteiger partial charge in [0.1, 0.15) is 24.2 Å². The predicted octanol–water partition coefficient (Wildman–Crippen LogP) is 1.13. The summed E-state index contributed by atoms with van der Waals surface area (Å²) in [6, 6.07) is 9.62. The van der Waals surface area contributed by atoms with Gasteiger partial charge in [0.15, 0.2) is 0 Å². The van der Waals surface area contributed by atoms with Crippen molar-refractivity contribution < 1.29 is 28.8 Å². The second-order valence-electron chi connectivity index (χ2n) is 9.11. The van der Waals surface area contributed by atoms with Crippen molar-refractivity contribution >= 4 is 46.5 Å². The predicted molar refractivity (Wildman–Crippen MR) is 129 cm³/mol. The van der Waals surface area contributed by atoms with Crippen molar-refractivity contribution in [3.05, 3.63) is 48.0 Å². The molecule has 2 aromatic carbocycles. The van der Waals surface area contributed by atoms with Gasteiger partial charge < -0.3 is 15.4 Å². The quantitative estimate of drug-likeness (QED) is 0.557. The standard InChI is InChI=1S/C26H28N4O6/c1-16(32)14-18(15-31)27-25(35)22-10-5-13-29-23(33)12-11-21(26(36)30(22)29)28-24(34)20-9-4-7-17-6-2-3-8-19(17)20/h2-4,6-9,15,18,21-22H,5,10-14H2,1H3,(H,27,35)(H,28,34)/t18-,21-,22-/m0/s1. The van der Waals surface area contributed by atoms with Crippen LogP contribution >= 0.6 is 0 Å². The van der Waals surface area contributed by atoms with Crippen LogP contribution in [0.5, 0.6) is 0 Å². The van der Waals surface area contributed by atoms with E-state index >= 15 is 0 Å². The van der Waals surface area contributed by atoms with E-state index in [1.54, 1.807) is 12.1 Å². The number of nitrogens with zero attached hydrogens (tertiary/aromatic N) is 2. The minimum atomic E-state index is -1.04. The lowest BCUT2D eigenvalue weighted by Crippen LogP contribution is -2.64. The summed E-state index contributed by atoms with van der Waals surface area (Å²) in [5.74, 6) is -2.23. The van der Waals surface area contributed by atoms with E-state index < -0.39 is 35.8 Å². The Morgan fingerprint density at radius 1 is 1.08 bits per heavy atom. The van der Waals surface area contributed by atoms with Gasteiger partial charge in [-0.2, -0.15) is 0 Å². The van der Waals surface area contributed by atoms with Crippen LogP contribution in [0.1, 0.15) is 49.4 Å². The highest BCUT2D eigenvalue weighted by Gasteiger charge is 2.45. The molecule has 10 nitrogen and oxygen atoms in total. The zero-order valence-electron chi connectivity index (χ0n) is 19.9. The molecule has 2 aromatic rings. The third-order valence-electron chi connectivity index (χ3n) is 6.50. The number of carbonyl (C=O) groups excluding carboxylic acids is 6. The molecule has 0 unspecified atom stereocenters. The highest BCUT2D eigenvalue weighted by atomic mass is 16.2. The fourth-order valence-electron chi connectivity index (χ4n) is 4.79. The average Bonchev–Trinajstić information content (AvgIpc) is 2.99. The first-order valence-electron chi connectivity index (χ1n) is 12.0. The summed E-state index contributed by atoms with van der Waals surface area (Å²) in [6.45, 7) is 1.58. The zero-order chi connectivity index (χ0) is 25.8. The van der Waals surface area contributed by atoms with Crippen LogP contribution in [0, 0.1) is 0 Å². The second kappa shape index (κ2) is 10.7. The van der Waals surface area contributed by atoms with Crippen molar-refractivity contribution in [3.63, 3.8) is 0 Å². The SMILES string of the molecule is CC(=O)C[C@@H](C=O)NC(=O)[C@@H]1CCCN2C(=O)CC[C@H](NC(=O)c3cccc4ccccc34)C(=O)N12. The van der Waals surface area contributed by atoms with Gasteiger partial charge in [-0.05, 0) is 43.0 Å². The molecule has 188 valence electrons. The Morgan fingerprint density at radius 2 is 1.83 bits per heavy atom. The molecular formula is C26H28N4O6. The van der Waals surface area contributed by atoms with E-state index in [9.17, 15) is 28.8 Å². The van der Waals surface area contributed by atoms with E-state index in [4.69, 9.17) is 0 Å². The summed E-state index contributed by atoms with van der Waals surface area (Å²) in [5, 5.41) is 9.28. The molecule has 0 saturated carbocycles. The van der Waals surface area contributed by atoms with Crippen LogP contribution in [0.15, 0.2) is 42.5 Å². The number of hydrogen-bond donors (Lipinski definition) is 2. The lowest BCUT2D eigenvalue weighted by molar-refractivity contribution is -0.176. The Kier molecular flexibility index (Phi) is 7.42. The molecule has 10 heteroatoms. The average molecular weight is 493 g/mol. The maximum absolute atomic E-state index is 13.6. The molecule has 2 saturated heterocycles. The summed E-state index contributed by atoms with van der Waals surface area (Å²) in [5.41, 5.74) is 0.402. The summed E-state index contributed by atoms with van der Waals surface area (Å²) in [7, 11) is 0. The number of ketones is 1. The molecule has 0 bridgehead atoms. The highest BCUT2D eigenvalue weighted by Crippen LogP contribution is 2.26. The van der Waals surface area contributed by atoms with Gasteiger partial charge in [0, 0.05) is 24.9 Å². The van der Waals surface area contributed by atoms with Gasteiger partial charge in [0.25, 0.3) is 11.8 Å². The molecule has 0 radical (unpaired) electrons. The van der Waals surface area contributed by atoms with E-state index in [0.717, 1.165) is 15.8 Å².